The maximum Gasteiger partial charge on any atom is 0.414 e. The van der Waals surface area contributed by atoms with Crippen molar-refractivity contribution >= 4 is 52.5 Å². The summed E-state index contributed by atoms with van der Waals surface area (Å²) >= 11 is 12.7. The summed E-state index contributed by atoms with van der Waals surface area (Å²) in [6, 6.07) is 1.42. The molecule has 130 valence electrons. The van der Waals surface area contributed by atoms with Crippen molar-refractivity contribution in [3.8, 4) is 0 Å². The summed E-state index contributed by atoms with van der Waals surface area (Å²) in [5.41, 5.74) is 0.171. The lowest BCUT2D eigenvalue weighted by molar-refractivity contribution is -0.123. The van der Waals surface area contributed by atoms with Crippen LogP contribution in [0.25, 0.3) is 0 Å². The van der Waals surface area contributed by atoms with Gasteiger partial charge in [-0.1, -0.05) is 23.2 Å². The van der Waals surface area contributed by atoms with Gasteiger partial charge in [0.15, 0.2) is 6.10 Å². The molecule has 0 N–H and O–H groups in total. The minimum absolute atomic E-state index is 0.125. The molecule has 1 atom stereocenters. The Hall–Kier alpha value is -1.77. The van der Waals surface area contributed by atoms with Crippen LogP contribution in [0, 0.1) is 0 Å². The Kier molecular flexibility index (Phi) is 6.09. The highest BCUT2D eigenvalue weighted by molar-refractivity contribution is 7.20. The molecule has 7 nitrogen and oxygen atoms in total. The fourth-order valence-electron chi connectivity index (χ4n) is 1.78. The molecule has 0 aromatic carbocycles. The van der Waals surface area contributed by atoms with E-state index in [0.29, 0.717) is 4.34 Å². The first-order valence-electron chi connectivity index (χ1n) is 6.76. The van der Waals surface area contributed by atoms with Crippen LogP contribution in [0.5, 0.6) is 0 Å². The van der Waals surface area contributed by atoms with Crippen LogP contribution in [0.2, 0.25) is 8.67 Å². The minimum Gasteiger partial charge on any atom is -0.458 e. The average Bonchev–Trinajstić information content (AvgIpc) is 3.04. The van der Waals surface area contributed by atoms with Crippen molar-refractivity contribution in [2.45, 2.75) is 6.10 Å². The summed E-state index contributed by atoms with van der Waals surface area (Å²) in [5, 5.41) is 0. The molecule has 1 fully saturated rings. The molecule has 0 unspecified atom stereocenters. The number of likely N-dealkylation sites (N-methyl/N-ethyl adjacent to an activating group) is 1. The molecular formula is C14H14Cl2N2O5S. The van der Waals surface area contributed by atoms with Crippen LogP contribution in [0.3, 0.4) is 0 Å². The van der Waals surface area contributed by atoms with Gasteiger partial charge in [0, 0.05) is 26.4 Å². The normalized spacial score (nSPS) is 17.2. The lowest BCUT2D eigenvalue weighted by Gasteiger charge is -2.09. The van der Waals surface area contributed by atoms with Crippen molar-refractivity contribution in [1.29, 1.82) is 0 Å². The number of halogens is 2. The molecule has 0 spiro atoms. The number of nitrogens with zero attached hydrogens (tertiary/aromatic N) is 2. The largest absolute Gasteiger partial charge is 0.458 e. The highest BCUT2D eigenvalue weighted by Crippen LogP contribution is 2.31. The second-order valence-electron chi connectivity index (χ2n) is 5.04. The van der Waals surface area contributed by atoms with E-state index in [4.69, 9.17) is 32.7 Å². The number of thiophene rings is 1. The van der Waals surface area contributed by atoms with Crippen molar-refractivity contribution in [2.24, 2.45) is 0 Å². The van der Waals surface area contributed by atoms with E-state index in [2.05, 4.69) is 0 Å². The first kappa shape index (κ1) is 18.6. The van der Waals surface area contributed by atoms with Crippen LogP contribution < -0.4 is 0 Å². The lowest BCUT2D eigenvalue weighted by atomic mass is 10.3. The Morgan fingerprint density at radius 1 is 1.50 bits per heavy atom. The van der Waals surface area contributed by atoms with Crippen molar-refractivity contribution in [3.05, 3.63) is 32.6 Å². The fourth-order valence-corrected chi connectivity index (χ4v) is 3.22. The van der Waals surface area contributed by atoms with Gasteiger partial charge in [-0.25, -0.2) is 9.59 Å². The quantitative estimate of drug-likeness (QED) is 0.568. The third-order valence-corrected chi connectivity index (χ3v) is 4.50. The lowest BCUT2D eigenvalue weighted by Crippen LogP contribution is -2.24. The monoisotopic (exact) mass is 392 g/mol. The molecule has 10 heteroatoms. The molecular weight excluding hydrogens is 379 g/mol. The van der Waals surface area contributed by atoms with Crippen molar-refractivity contribution < 1.29 is 23.9 Å². The number of hydrogen-bond acceptors (Lipinski definition) is 6. The number of carbonyl (C=O) groups is 3. The maximum absolute atomic E-state index is 11.9. The van der Waals surface area contributed by atoms with E-state index in [9.17, 15) is 14.4 Å². The number of cyclic esters (lactones) is 1. The first-order valence-corrected chi connectivity index (χ1v) is 8.34. The minimum atomic E-state index is -0.643. The Morgan fingerprint density at radius 2 is 2.21 bits per heavy atom. The van der Waals surface area contributed by atoms with Crippen LogP contribution in [0.4, 0.5) is 4.79 Å². The van der Waals surface area contributed by atoms with Gasteiger partial charge in [0.2, 0.25) is 5.91 Å². The first-order chi connectivity index (χ1) is 11.3. The van der Waals surface area contributed by atoms with E-state index in [0.717, 1.165) is 11.3 Å². The second kappa shape index (κ2) is 7.87. The Bertz CT molecular complexity index is 689. The van der Waals surface area contributed by atoms with Crippen LogP contribution in [-0.2, 0) is 14.3 Å². The standard InChI is InChI=1S/C14H14Cl2N2O5S/c1-17(2)11(19)3-4-18-6-8(23-14(18)21)7-22-13(20)9-5-10(15)24-12(9)16/h3-5,8H,6-7H2,1-2H3/t8-/m0/s1. The highest BCUT2D eigenvalue weighted by Gasteiger charge is 2.31. The molecule has 24 heavy (non-hydrogen) atoms. The van der Waals surface area contributed by atoms with Gasteiger partial charge >= 0.3 is 12.1 Å². The molecule has 2 amide bonds. The zero-order valence-electron chi connectivity index (χ0n) is 12.8. The number of esters is 1. The predicted molar refractivity (Wildman–Crippen MR) is 89.4 cm³/mol. The Morgan fingerprint density at radius 3 is 2.79 bits per heavy atom. The molecule has 0 radical (unpaired) electrons. The SMILES string of the molecule is CN(C)C(=O)C=CN1C[C@@H](COC(=O)c2cc(Cl)sc2Cl)OC1=O. The molecule has 2 heterocycles. The third kappa shape index (κ3) is 4.62. The van der Waals surface area contributed by atoms with Gasteiger partial charge < -0.3 is 14.4 Å². The number of ether oxygens (including phenoxy) is 2. The highest BCUT2D eigenvalue weighted by atomic mass is 35.5. The smallest absolute Gasteiger partial charge is 0.414 e. The van der Waals surface area contributed by atoms with Gasteiger partial charge in [-0.2, -0.15) is 0 Å². The van der Waals surface area contributed by atoms with Gasteiger partial charge in [-0.15, -0.1) is 11.3 Å². The molecule has 1 aliphatic rings. The van der Waals surface area contributed by atoms with Gasteiger partial charge in [0.05, 0.1) is 16.4 Å². The van der Waals surface area contributed by atoms with Crippen LogP contribution in [-0.4, -0.2) is 61.1 Å². The zero-order valence-corrected chi connectivity index (χ0v) is 15.2. The van der Waals surface area contributed by atoms with Gasteiger partial charge in [0.1, 0.15) is 10.9 Å². The maximum atomic E-state index is 11.9. The van der Waals surface area contributed by atoms with Gasteiger partial charge in [0.25, 0.3) is 0 Å². The predicted octanol–water partition coefficient (Wildman–Crippen LogP) is 2.63. The van der Waals surface area contributed by atoms with E-state index in [1.54, 1.807) is 14.1 Å². The van der Waals surface area contributed by atoms with Crippen molar-refractivity contribution in [1.82, 2.24) is 9.80 Å². The molecule has 0 saturated carbocycles. The topological polar surface area (TPSA) is 76.2 Å². The van der Waals surface area contributed by atoms with Crippen molar-refractivity contribution in [3.63, 3.8) is 0 Å². The number of hydrogen-bond donors (Lipinski definition) is 0. The average molecular weight is 393 g/mol. The summed E-state index contributed by atoms with van der Waals surface area (Å²) in [6.07, 6.45) is 1.34. The van der Waals surface area contributed by atoms with E-state index in [-0.39, 0.29) is 29.0 Å². The second-order valence-corrected chi connectivity index (χ2v) is 7.33. The van der Waals surface area contributed by atoms with Gasteiger partial charge in [-0.05, 0) is 6.07 Å². The number of amides is 2. The number of rotatable bonds is 5. The summed E-state index contributed by atoms with van der Waals surface area (Å²) in [6.45, 7) is 0.0434. The molecule has 1 saturated heterocycles. The van der Waals surface area contributed by atoms with Crippen molar-refractivity contribution in [2.75, 3.05) is 27.2 Å². The van der Waals surface area contributed by atoms with E-state index >= 15 is 0 Å². The van der Waals surface area contributed by atoms with E-state index in [1.165, 1.54) is 28.1 Å². The Labute approximate surface area is 152 Å². The molecule has 1 aromatic heterocycles. The van der Waals surface area contributed by atoms with Gasteiger partial charge in [-0.3, -0.25) is 9.69 Å². The molecule has 1 aromatic rings. The summed E-state index contributed by atoms with van der Waals surface area (Å²) in [5.74, 6) is -0.905. The molecule has 0 bridgehead atoms. The fraction of sp³-hybridized carbons (Fsp3) is 0.357. The van der Waals surface area contributed by atoms with Crippen LogP contribution in [0.1, 0.15) is 10.4 Å². The molecule has 1 aliphatic heterocycles. The zero-order chi connectivity index (χ0) is 17.9. The summed E-state index contributed by atoms with van der Waals surface area (Å²) in [4.78, 5) is 37.7. The molecule has 0 aliphatic carbocycles. The summed E-state index contributed by atoms with van der Waals surface area (Å²) in [7, 11) is 3.19. The van der Waals surface area contributed by atoms with E-state index in [1.807, 2.05) is 0 Å². The number of carbonyl (C=O) groups excluding carboxylic acids is 3. The van der Waals surface area contributed by atoms with Crippen LogP contribution in [0.15, 0.2) is 18.3 Å². The van der Waals surface area contributed by atoms with E-state index < -0.39 is 18.2 Å². The third-order valence-electron chi connectivity index (χ3n) is 3.02. The molecule has 2 rings (SSSR count). The Balaban J connectivity index is 1.87. The van der Waals surface area contributed by atoms with Crippen LogP contribution >= 0.6 is 34.5 Å². The summed E-state index contributed by atoms with van der Waals surface area (Å²) < 4.78 is 10.8.